The second-order valence-electron chi connectivity index (χ2n) is 3.65. The summed E-state index contributed by atoms with van der Waals surface area (Å²) in [7, 11) is 0. The van der Waals surface area contributed by atoms with Crippen molar-refractivity contribution in [2.45, 2.75) is 6.92 Å². The molecule has 0 aliphatic heterocycles. The number of carbonyl (C=O) groups excluding carboxylic acids is 1. The Bertz CT molecular complexity index is 613. The van der Waals surface area contributed by atoms with Crippen LogP contribution in [0.2, 0.25) is 5.15 Å². The zero-order valence-corrected chi connectivity index (χ0v) is 11.3. The molecule has 92 valence electrons. The van der Waals surface area contributed by atoms with E-state index >= 15 is 0 Å². The summed E-state index contributed by atoms with van der Waals surface area (Å²) in [6.07, 6.45) is 5.44. The van der Waals surface area contributed by atoms with Gasteiger partial charge in [-0.1, -0.05) is 41.6 Å². The number of fused-ring (bicyclic) bond motifs is 1. The van der Waals surface area contributed by atoms with Crippen LogP contribution in [0.1, 0.15) is 12.5 Å². The van der Waals surface area contributed by atoms with Gasteiger partial charge in [0, 0.05) is 12.7 Å². The number of hydrogen-bond donors (Lipinski definition) is 0. The Morgan fingerprint density at radius 2 is 2.28 bits per heavy atom. The van der Waals surface area contributed by atoms with Crippen LogP contribution in [-0.2, 0) is 4.79 Å². The normalized spacial score (nSPS) is 11.2. The van der Waals surface area contributed by atoms with Crippen molar-refractivity contribution in [1.29, 1.82) is 0 Å². The van der Waals surface area contributed by atoms with Crippen LogP contribution in [0, 0.1) is 0 Å². The van der Waals surface area contributed by atoms with Crippen LogP contribution in [0.4, 0.5) is 0 Å². The van der Waals surface area contributed by atoms with Gasteiger partial charge in [0.1, 0.15) is 5.15 Å². The summed E-state index contributed by atoms with van der Waals surface area (Å²) in [5.74, 6) is 0.675. The second kappa shape index (κ2) is 5.98. The van der Waals surface area contributed by atoms with Crippen molar-refractivity contribution in [3.63, 3.8) is 0 Å². The maximum atomic E-state index is 10.8. The first-order valence-corrected chi connectivity index (χ1v) is 6.74. The second-order valence-corrected chi connectivity index (χ2v) is 5.23. The predicted octanol–water partition coefficient (Wildman–Crippen LogP) is 3.58. The van der Waals surface area contributed by atoms with Gasteiger partial charge in [-0.2, -0.15) is 0 Å². The minimum Gasteiger partial charge on any atom is -0.288 e. The molecule has 0 saturated heterocycles. The molecule has 0 N–H and O–H groups in total. The maximum absolute atomic E-state index is 10.8. The number of aromatic nitrogens is 2. The topological polar surface area (TPSA) is 42.9 Å². The van der Waals surface area contributed by atoms with E-state index in [1.807, 2.05) is 30.4 Å². The minimum atomic E-state index is 0.121. The fourth-order valence-corrected chi connectivity index (χ4v) is 2.03. The van der Waals surface area contributed by atoms with Gasteiger partial charge in [-0.25, -0.2) is 4.98 Å². The van der Waals surface area contributed by atoms with Gasteiger partial charge in [0.05, 0.1) is 17.2 Å². The van der Waals surface area contributed by atoms with Gasteiger partial charge in [0.15, 0.2) is 5.12 Å². The molecule has 0 spiro atoms. The Balaban J connectivity index is 2.16. The van der Waals surface area contributed by atoms with E-state index in [0.29, 0.717) is 10.9 Å². The molecule has 3 nitrogen and oxygen atoms in total. The number of halogens is 1. The first kappa shape index (κ1) is 13.1. The molecular weight excluding hydrogens is 268 g/mol. The molecule has 5 heteroatoms. The monoisotopic (exact) mass is 278 g/mol. The van der Waals surface area contributed by atoms with Crippen LogP contribution >= 0.6 is 23.4 Å². The van der Waals surface area contributed by atoms with Crippen LogP contribution in [0.25, 0.3) is 17.1 Å². The van der Waals surface area contributed by atoms with E-state index < -0.39 is 0 Å². The first-order valence-electron chi connectivity index (χ1n) is 5.37. The summed E-state index contributed by atoms with van der Waals surface area (Å²) in [5.41, 5.74) is 2.60. The first-order chi connectivity index (χ1) is 8.65. The maximum Gasteiger partial charge on any atom is 0.186 e. The molecule has 1 aromatic carbocycles. The smallest absolute Gasteiger partial charge is 0.186 e. The van der Waals surface area contributed by atoms with Crippen molar-refractivity contribution in [3.05, 3.63) is 41.2 Å². The Labute approximate surface area is 114 Å². The number of rotatable bonds is 3. The van der Waals surface area contributed by atoms with Crippen molar-refractivity contribution in [2.75, 3.05) is 5.75 Å². The van der Waals surface area contributed by atoms with Gasteiger partial charge in [0.25, 0.3) is 0 Å². The van der Waals surface area contributed by atoms with Gasteiger partial charge in [-0.3, -0.25) is 9.78 Å². The van der Waals surface area contributed by atoms with Gasteiger partial charge >= 0.3 is 0 Å². The Morgan fingerprint density at radius 1 is 1.44 bits per heavy atom. The van der Waals surface area contributed by atoms with E-state index in [0.717, 1.165) is 16.6 Å². The molecule has 0 radical (unpaired) electrons. The van der Waals surface area contributed by atoms with E-state index in [1.54, 1.807) is 6.92 Å². The average Bonchev–Trinajstić information content (AvgIpc) is 2.34. The molecular formula is C13H11ClN2OS. The molecule has 0 unspecified atom stereocenters. The summed E-state index contributed by atoms with van der Waals surface area (Å²) >= 11 is 7.08. The Hall–Kier alpha value is -1.39. The van der Waals surface area contributed by atoms with Crippen molar-refractivity contribution < 1.29 is 4.79 Å². The highest BCUT2D eigenvalue weighted by molar-refractivity contribution is 8.13. The van der Waals surface area contributed by atoms with E-state index in [2.05, 4.69) is 9.97 Å². The molecule has 0 fully saturated rings. The molecule has 1 aromatic heterocycles. The van der Waals surface area contributed by atoms with E-state index in [9.17, 15) is 4.79 Å². The Morgan fingerprint density at radius 3 is 3.06 bits per heavy atom. The molecule has 18 heavy (non-hydrogen) atoms. The third kappa shape index (κ3) is 3.55. The lowest BCUT2D eigenvalue weighted by atomic mass is 10.2. The zero-order valence-electron chi connectivity index (χ0n) is 9.76. The highest BCUT2D eigenvalue weighted by Crippen LogP contribution is 2.15. The lowest BCUT2D eigenvalue weighted by Crippen LogP contribution is -1.85. The zero-order chi connectivity index (χ0) is 13.0. The summed E-state index contributed by atoms with van der Waals surface area (Å²) in [6, 6.07) is 5.78. The molecule has 2 aromatic rings. The molecule has 0 saturated carbocycles. The molecule has 0 aliphatic carbocycles. The third-order valence-electron chi connectivity index (χ3n) is 2.23. The molecule has 0 bridgehead atoms. The van der Waals surface area contributed by atoms with Gasteiger partial charge in [0.2, 0.25) is 0 Å². The van der Waals surface area contributed by atoms with E-state index in [4.69, 9.17) is 11.6 Å². The van der Waals surface area contributed by atoms with Crippen LogP contribution in [0.3, 0.4) is 0 Å². The lowest BCUT2D eigenvalue weighted by Gasteiger charge is -1.98. The van der Waals surface area contributed by atoms with Gasteiger partial charge in [-0.05, 0) is 17.7 Å². The van der Waals surface area contributed by atoms with Crippen molar-refractivity contribution in [1.82, 2.24) is 9.97 Å². The van der Waals surface area contributed by atoms with Crippen LogP contribution in [-0.4, -0.2) is 20.8 Å². The lowest BCUT2D eigenvalue weighted by molar-refractivity contribution is -0.109. The van der Waals surface area contributed by atoms with E-state index in [-0.39, 0.29) is 5.12 Å². The fraction of sp³-hybridized carbons (Fsp3) is 0.154. The van der Waals surface area contributed by atoms with Gasteiger partial charge in [-0.15, -0.1) is 0 Å². The molecule has 0 atom stereocenters. The largest absolute Gasteiger partial charge is 0.288 e. The Kier molecular flexibility index (Phi) is 4.33. The fourth-order valence-electron chi connectivity index (χ4n) is 1.46. The highest BCUT2D eigenvalue weighted by atomic mass is 35.5. The van der Waals surface area contributed by atoms with E-state index in [1.165, 1.54) is 18.0 Å². The molecule has 1 heterocycles. The van der Waals surface area contributed by atoms with Crippen LogP contribution in [0.5, 0.6) is 0 Å². The highest BCUT2D eigenvalue weighted by Gasteiger charge is 1.98. The number of hydrogen-bond acceptors (Lipinski definition) is 4. The summed E-state index contributed by atoms with van der Waals surface area (Å²) < 4.78 is 0. The van der Waals surface area contributed by atoms with Crippen molar-refractivity contribution in [2.24, 2.45) is 0 Å². The average molecular weight is 279 g/mol. The summed E-state index contributed by atoms with van der Waals surface area (Å²) in [5, 5.41) is 0.506. The van der Waals surface area contributed by atoms with Crippen LogP contribution < -0.4 is 0 Å². The van der Waals surface area contributed by atoms with Crippen molar-refractivity contribution >= 4 is 45.6 Å². The van der Waals surface area contributed by atoms with Crippen molar-refractivity contribution in [3.8, 4) is 0 Å². The summed E-state index contributed by atoms with van der Waals surface area (Å²) in [4.78, 5) is 19.1. The minimum absolute atomic E-state index is 0.121. The SMILES string of the molecule is CC(=O)SCC=Cc1ccc2ncc(Cl)nc2c1. The number of thioether (sulfide) groups is 1. The predicted molar refractivity (Wildman–Crippen MR) is 76.7 cm³/mol. The summed E-state index contributed by atoms with van der Waals surface area (Å²) in [6.45, 7) is 1.56. The molecule has 2 rings (SSSR count). The molecule has 0 amide bonds. The van der Waals surface area contributed by atoms with Gasteiger partial charge < -0.3 is 0 Å². The number of carbonyl (C=O) groups is 1. The number of benzene rings is 1. The third-order valence-corrected chi connectivity index (χ3v) is 3.18. The standard InChI is InChI=1S/C13H11ClN2OS/c1-9(17)18-6-2-3-10-4-5-11-12(7-10)16-13(14)8-15-11/h2-5,7-8H,6H2,1H3. The number of nitrogens with zero attached hydrogens (tertiary/aromatic N) is 2. The molecule has 0 aliphatic rings. The van der Waals surface area contributed by atoms with Crippen LogP contribution in [0.15, 0.2) is 30.5 Å². The quantitative estimate of drug-likeness (QED) is 0.861.